The zero-order chi connectivity index (χ0) is 31.3. The van der Waals surface area contributed by atoms with Gasteiger partial charge in [-0.05, 0) is 44.4 Å². The van der Waals surface area contributed by atoms with E-state index in [1.54, 1.807) is 14.2 Å². The van der Waals surface area contributed by atoms with Crippen molar-refractivity contribution in [1.82, 2.24) is 0 Å². The zero-order valence-corrected chi connectivity index (χ0v) is 26.6. The smallest absolute Gasteiger partial charge is 0.347 e. The zero-order valence-electron chi connectivity index (χ0n) is 25.6. The van der Waals surface area contributed by atoms with Crippen LogP contribution in [0.4, 0.5) is 0 Å². The summed E-state index contributed by atoms with van der Waals surface area (Å²) in [6.45, 7) is 0.327. The molecule has 1 aliphatic carbocycles. The maximum absolute atomic E-state index is 14.3. The summed E-state index contributed by atoms with van der Waals surface area (Å²) in [5.74, 6) is 1.45. The first-order valence-corrected chi connectivity index (χ1v) is 17.3. The normalized spacial score (nSPS) is 17.6. The third-order valence-corrected chi connectivity index (χ3v) is 13.2. The lowest BCUT2D eigenvalue weighted by Gasteiger charge is -2.43. The number of rotatable bonds is 6. The molecule has 0 bridgehead atoms. The lowest BCUT2D eigenvalue weighted by molar-refractivity contribution is -0.157. The molecule has 0 N–H and O–H groups in total. The van der Waals surface area contributed by atoms with Crippen LogP contribution in [-0.4, -0.2) is 41.2 Å². The Labute approximate surface area is 268 Å². The summed E-state index contributed by atoms with van der Waals surface area (Å²) in [5, 5.41) is 3.14. The molecule has 0 saturated heterocycles. The van der Waals surface area contributed by atoms with Crippen molar-refractivity contribution in [2.75, 3.05) is 20.8 Å². The minimum absolute atomic E-state index is 0.327. The van der Waals surface area contributed by atoms with E-state index in [0.717, 1.165) is 49.1 Å². The van der Waals surface area contributed by atoms with E-state index in [0.29, 0.717) is 30.1 Å². The van der Waals surface area contributed by atoms with Crippen molar-refractivity contribution in [3.05, 3.63) is 144 Å². The topological polar surface area (TPSA) is 63.2 Å². The molecule has 8 rings (SSSR count). The highest BCUT2D eigenvalue weighted by Crippen LogP contribution is 2.46. The summed E-state index contributed by atoms with van der Waals surface area (Å²) in [4.78, 5) is 14.3. The number of carbonyl (C=O) groups is 1. The van der Waals surface area contributed by atoms with E-state index in [9.17, 15) is 4.79 Å². The maximum Gasteiger partial charge on any atom is 0.347 e. The molecule has 2 heterocycles. The van der Waals surface area contributed by atoms with Crippen LogP contribution in [0, 0.1) is 0 Å². The van der Waals surface area contributed by atoms with Crippen LogP contribution in [0.15, 0.2) is 127 Å². The molecule has 1 atom stereocenters. The average Bonchev–Trinajstić information content (AvgIpc) is 3.44. The second kappa shape index (κ2) is 11.4. The number of benzene rings is 5. The Balaban J connectivity index is 1.29. The van der Waals surface area contributed by atoms with Crippen LogP contribution in [-0.2, 0) is 18.7 Å². The van der Waals surface area contributed by atoms with Gasteiger partial charge in [-0.3, -0.25) is 0 Å². The van der Waals surface area contributed by atoms with E-state index >= 15 is 0 Å². The molecule has 2 aliphatic heterocycles. The van der Waals surface area contributed by atoms with Crippen LogP contribution in [0.5, 0.6) is 11.5 Å². The lowest BCUT2D eigenvalue weighted by atomic mass is 9.95. The summed E-state index contributed by atoms with van der Waals surface area (Å²) in [5.41, 5.74) is 5.62. The Morgan fingerprint density at radius 3 is 1.83 bits per heavy atom. The summed E-state index contributed by atoms with van der Waals surface area (Å²) in [6.07, 6.45) is -0.999. The molecule has 6 nitrogen and oxygen atoms in total. The predicted octanol–water partition coefficient (Wildman–Crippen LogP) is 5.51. The minimum Gasteiger partial charge on any atom is -0.533 e. The fourth-order valence-electron chi connectivity index (χ4n) is 7.21. The van der Waals surface area contributed by atoms with Crippen LogP contribution in [0.1, 0.15) is 29.2 Å². The predicted molar refractivity (Wildman–Crippen MR) is 179 cm³/mol. The van der Waals surface area contributed by atoms with Crippen molar-refractivity contribution < 1.29 is 28.2 Å². The van der Waals surface area contributed by atoms with Crippen molar-refractivity contribution in [3.8, 4) is 22.6 Å². The van der Waals surface area contributed by atoms with Crippen molar-refractivity contribution in [2.45, 2.75) is 18.6 Å². The molecule has 0 fully saturated rings. The molecule has 3 aliphatic rings. The third-order valence-electron chi connectivity index (χ3n) is 9.23. The van der Waals surface area contributed by atoms with E-state index in [1.807, 2.05) is 84.9 Å². The maximum atomic E-state index is 14.3. The number of methoxy groups -OCH3 is 2. The van der Waals surface area contributed by atoms with Gasteiger partial charge in [0.1, 0.15) is 0 Å². The van der Waals surface area contributed by atoms with Gasteiger partial charge in [0, 0.05) is 23.1 Å². The number of ether oxygens (including phenoxy) is 4. The van der Waals surface area contributed by atoms with Crippen LogP contribution in [0.3, 0.4) is 0 Å². The largest absolute Gasteiger partial charge is 0.533 e. The molecule has 0 aromatic heterocycles. The van der Waals surface area contributed by atoms with Gasteiger partial charge in [-0.1, -0.05) is 109 Å². The highest BCUT2D eigenvalue weighted by molar-refractivity contribution is 7.08. The number of hydrogen-bond acceptors (Lipinski definition) is 6. The van der Waals surface area contributed by atoms with Gasteiger partial charge in [-0.15, -0.1) is 0 Å². The van der Waals surface area contributed by atoms with Crippen LogP contribution < -0.4 is 25.0 Å². The molecule has 0 amide bonds. The van der Waals surface area contributed by atoms with Crippen molar-refractivity contribution in [3.63, 3.8) is 0 Å². The molecule has 0 radical (unpaired) electrons. The summed E-state index contributed by atoms with van der Waals surface area (Å²) in [7, 11) is 0.111. The second-order valence-corrected chi connectivity index (χ2v) is 14.9. The highest BCUT2D eigenvalue weighted by Gasteiger charge is 2.52. The number of carbonyl (C=O) groups excluding carboxylic acids is 1. The first-order valence-electron chi connectivity index (χ1n) is 15.4. The van der Waals surface area contributed by atoms with Crippen LogP contribution in [0.25, 0.3) is 16.7 Å². The van der Waals surface area contributed by atoms with Gasteiger partial charge in [-0.2, -0.15) is 0 Å². The Kier molecular flexibility index (Phi) is 7.00. The fourth-order valence-corrected chi connectivity index (χ4v) is 11.3. The molecular weight excluding hydrogens is 593 g/mol. The van der Waals surface area contributed by atoms with E-state index in [4.69, 9.17) is 23.4 Å². The molecule has 46 heavy (non-hydrogen) atoms. The third kappa shape index (κ3) is 4.30. The quantitative estimate of drug-likeness (QED) is 0.183. The first-order chi connectivity index (χ1) is 22.6. The number of fused-ring (bicyclic) bond motifs is 5. The number of esters is 1. The SMILES string of the molecule is COc1cc2c(cc1OC)[Si](c1ccccc1)(c1ccccc1)OC1=C2[C@@H](C(=O)OC2c3ccccc3-c3ccccc32)OCC1. The van der Waals surface area contributed by atoms with Crippen LogP contribution >= 0.6 is 0 Å². The number of hydrogen-bond donors (Lipinski definition) is 0. The molecule has 0 spiro atoms. The monoisotopic (exact) mass is 624 g/mol. The molecule has 0 unspecified atom stereocenters. The summed E-state index contributed by atoms with van der Waals surface area (Å²) < 4.78 is 31.7. The van der Waals surface area contributed by atoms with Gasteiger partial charge in [0.05, 0.1) is 26.6 Å². The Morgan fingerprint density at radius 2 is 1.24 bits per heavy atom. The van der Waals surface area contributed by atoms with Gasteiger partial charge in [-0.25, -0.2) is 4.79 Å². The van der Waals surface area contributed by atoms with E-state index in [1.165, 1.54) is 0 Å². The molecule has 5 aromatic carbocycles. The first kappa shape index (κ1) is 28.4. The van der Waals surface area contributed by atoms with E-state index < -0.39 is 26.5 Å². The summed E-state index contributed by atoms with van der Waals surface area (Å²) >= 11 is 0. The molecule has 7 heteroatoms. The molecule has 0 saturated carbocycles. The van der Waals surface area contributed by atoms with Gasteiger partial charge in [0.25, 0.3) is 0 Å². The Bertz CT molecular complexity index is 1900. The minimum atomic E-state index is -3.14. The highest BCUT2D eigenvalue weighted by atomic mass is 28.4. The van der Waals surface area contributed by atoms with Crippen molar-refractivity contribution in [2.24, 2.45) is 0 Å². The van der Waals surface area contributed by atoms with Crippen molar-refractivity contribution >= 4 is 35.4 Å². The van der Waals surface area contributed by atoms with Gasteiger partial charge in [0.2, 0.25) is 0 Å². The lowest BCUT2D eigenvalue weighted by Crippen LogP contribution is -2.71. The van der Waals surface area contributed by atoms with Gasteiger partial charge in [0.15, 0.2) is 23.7 Å². The summed E-state index contributed by atoms with van der Waals surface area (Å²) in [6, 6.07) is 40.9. The second-order valence-electron chi connectivity index (χ2n) is 11.6. The van der Waals surface area contributed by atoms with E-state index in [-0.39, 0.29) is 0 Å². The van der Waals surface area contributed by atoms with Crippen LogP contribution in [0.2, 0.25) is 0 Å². The standard InChI is InChI=1S/C39H32O6Si/c1-41-33-23-31-35(24-34(33)42-2)46(25-13-5-3-6-14-25,26-15-7-4-8-16-26)45-32-21-22-43-38(36(31)32)39(40)44-37-29-19-11-9-17-27(29)28-18-10-12-20-30(28)37/h3-20,23-24,37-38H,21-22H2,1-2H3/t38-/m0/s1. The van der Waals surface area contributed by atoms with E-state index in [2.05, 4.69) is 36.4 Å². The fraction of sp³-hybridized carbons (Fsp3) is 0.154. The molecular formula is C39H32O6Si. The Hall–Kier alpha value is -5.11. The van der Waals surface area contributed by atoms with Crippen molar-refractivity contribution in [1.29, 1.82) is 0 Å². The van der Waals surface area contributed by atoms with Gasteiger partial charge >= 0.3 is 14.3 Å². The Morgan fingerprint density at radius 1 is 0.696 bits per heavy atom. The van der Waals surface area contributed by atoms with Gasteiger partial charge < -0.3 is 23.4 Å². The molecule has 228 valence electrons. The molecule has 5 aromatic rings. The average molecular weight is 625 g/mol.